The van der Waals surface area contributed by atoms with Crippen LogP contribution in [0.15, 0.2) is 0 Å². The molecule has 0 aliphatic heterocycles. The summed E-state index contributed by atoms with van der Waals surface area (Å²) in [5.74, 6) is 0.928. The van der Waals surface area contributed by atoms with E-state index in [1.807, 2.05) is 0 Å². The van der Waals surface area contributed by atoms with Crippen molar-refractivity contribution in [1.29, 1.82) is 0 Å². The topological polar surface area (TPSA) is 20.2 Å². The molecular weight excluding hydrogens is 196 g/mol. The molecule has 16 heavy (non-hydrogen) atoms. The highest BCUT2D eigenvalue weighted by molar-refractivity contribution is 5.20. The van der Waals surface area contributed by atoms with Crippen LogP contribution in [0.5, 0.6) is 0 Å². The lowest BCUT2D eigenvalue weighted by Crippen LogP contribution is -2.69. The summed E-state index contributed by atoms with van der Waals surface area (Å²) < 4.78 is 0. The van der Waals surface area contributed by atoms with Gasteiger partial charge >= 0.3 is 0 Å². The minimum Gasteiger partial charge on any atom is -0.393 e. The van der Waals surface area contributed by atoms with Gasteiger partial charge in [0, 0.05) is 0 Å². The molecule has 0 aromatic heterocycles. The Morgan fingerprint density at radius 2 is 1.94 bits per heavy atom. The third-order valence-corrected chi connectivity index (χ3v) is 6.92. The average molecular weight is 222 g/mol. The van der Waals surface area contributed by atoms with Gasteiger partial charge in [-0.2, -0.15) is 0 Å². The van der Waals surface area contributed by atoms with Gasteiger partial charge in [-0.15, -0.1) is 0 Å². The van der Waals surface area contributed by atoms with Crippen molar-refractivity contribution < 1.29 is 5.11 Å². The summed E-state index contributed by atoms with van der Waals surface area (Å²) in [7, 11) is 0. The molecule has 3 rings (SSSR count). The second-order valence-corrected chi connectivity index (χ2v) is 7.27. The SMILES string of the molecule is CCC12CCCC3(C1)C2CCC(O)C3(C)C. The van der Waals surface area contributed by atoms with Crippen LogP contribution in [0.1, 0.15) is 65.7 Å². The van der Waals surface area contributed by atoms with E-state index in [1.165, 1.54) is 38.5 Å². The number of hydrogen-bond acceptors (Lipinski definition) is 1. The molecule has 92 valence electrons. The van der Waals surface area contributed by atoms with Gasteiger partial charge in [-0.3, -0.25) is 0 Å². The molecule has 3 aliphatic carbocycles. The maximum absolute atomic E-state index is 10.3. The van der Waals surface area contributed by atoms with Gasteiger partial charge in [0.25, 0.3) is 0 Å². The predicted molar refractivity (Wildman–Crippen MR) is 66.1 cm³/mol. The van der Waals surface area contributed by atoms with E-state index in [1.54, 1.807) is 0 Å². The number of fused-ring (bicyclic) bond motifs is 2. The first-order chi connectivity index (χ1) is 7.48. The van der Waals surface area contributed by atoms with E-state index in [0.717, 1.165) is 12.3 Å². The summed E-state index contributed by atoms with van der Waals surface area (Å²) in [5.41, 5.74) is 1.34. The Morgan fingerprint density at radius 3 is 2.62 bits per heavy atom. The molecule has 4 unspecified atom stereocenters. The Morgan fingerprint density at radius 1 is 1.19 bits per heavy atom. The fourth-order valence-corrected chi connectivity index (χ4v) is 5.76. The van der Waals surface area contributed by atoms with Gasteiger partial charge < -0.3 is 5.11 Å². The maximum atomic E-state index is 10.3. The highest BCUT2D eigenvalue weighted by atomic mass is 16.3. The van der Waals surface area contributed by atoms with E-state index >= 15 is 0 Å². The molecule has 4 atom stereocenters. The van der Waals surface area contributed by atoms with Gasteiger partial charge in [-0.25, -0.2) is 0 Å². The molecule has 1 heteroatoms. The average Bonchev–Trinajstić information content (AvgIpc) is 2.26. The van der Waals surface area contributed by atoms with Crippen molar-refractivity contribution in [1.82, 2.24) is 0 Å². The second-order valence-electron chi connectivity index (χ2n) is 7.27. The van der Waals surface area contributed by atoms with Crippen LogP contribution in [-0.2, 0) is 0 Å². The lowest BCUT2D eigenvalue weighted by atomic mass is 9.30. The molecule has 0 radical (unpaired) electrons. The molecule has 1 spiro atoms. The molecule has 0 aromatic rings. The van der Waals surface area contributed by atoms with Crippen molar-refractivity contribution >= 4 is 0 Å². The van der Waals surface area contributed by atoms with Crippen molar-refractivity contribution in [2.24, 2.45) is 22.2 Å². The van der Waals surface area contributed by atoms with Crippen LogP contribution in [0, 0.1) is 22.2 Å². The van der Waals surface area contributed by atoms with E-state index < -0.39 is 0 Å². The van der Waals surface area contributed by atoms with Gasteiger partial charge in [0.2, 0.25) is 0 Å². The molecular formula is C15H26O. The standard InChI is InChI=1S/C15H26O/c1-4-14-8-5-9-15(10-14)11(14)6-7-12(16)13(15,2)3/h11-12,16H,4-10H2,1-3H3. The Kier molecular flexibility index (Phi) is 2.11. The number of aliphatic hydroxyl groups excluding tert-OH is 1. The highest BCUT2D eigenvalue weighted by Crippen LogP contribution is 2.78. The largest absolute Gasteiger partial charge is 0.393 e. The molecule has 1 nitrogen and oxygen atoms in total. The summed E-state index contributed by atoms with van der Waals surface area (Å²) in [6.07, 6.45) is 9.29. The summed E-state index contributed by atoms with van der Waals surface area (Å²) in [6.45, 7) is 7.04. The third-order valence-electron chi connectivity index (χ3n) is 6.92. The molecule has 2 bridgehead atoms. The summed E-state index contributed by atoms with van der Waals surface area (Å²) in [4.78, 5) is 0. The molecule has 0 amide bonds. The molecule has 0 aromatic carbocycles. The quantitative estimate of drug-likeness (QED) is 0.716. The zero-order chi connectivity index (χ0) is 11.6. The van der Waals surface area contributed by atoms with Crippen molar-refractivity contribution in [2.45, 2.75) is 71.8 Å². The van der Waals surface area contributed by atoms with Gasteiger partial charge in [0.1, 0.15) is 0 Å². The van der Waals surface area contributed by atoms with Crippen LogP contribution in [0.25, 0.3) is 0 Å². The highest BCUT2D eigenvalue weighted by Gasteiger charge is 2.71. The van der Waals surface area contributed by atoms with Gasteiger partial charge in [0.05, 0.1) is 6.10 Å². The lowest BCUT2D eigenvalue weighted by molar-refractivity contribution is -0.279. The Hall–Kier alpha value is -0.0400. The predicted octanol–water partition coefficient (Wildman–Crippen LogP) is 3.75. The Labute approximate surface area is 99.6 Å². The molecule has 0 saturated heterocycles. The van der Waals surface area contributed by atoms with Gasteiger partial charge in [-0.1, -0.05) is 33.6 Å². The molecule has 0 heterocycles. The zero-order valence-electron chi connectivity index (χ0n) is 11.1. The van der Waals surface area contributed by atoms with Crippen LogP contribution in [0.2, 0.25) is 0 Å². The van der Waals surface area contributed by atoms with Crippen molar-refractivity contribution in [3.63, 3.8) is 0 Å². The van der Waals surface area contributed by atoms with Crippen LogP contribution in [-0.4, -0.2) is 11.2 Å². The van der Waals surface area contributed by atoms with E-state index in [-0.39, 0.29) is 11.5 Å². The fourth-order valence-electron chi connectivity index (χ4n) is 5.76. The fraction of sp³-hybridized carbons (Fsp3) is 1.00. The molecule has 3 aliphatic rings. The van der Waals surface area contributed by atoms with Crippen molar-refractivity contribution in [3.8, 4) is 0 Å². The van der Waals surface area contributed by atoms with Crippen molar-refractivity contribution in [3.05, 3.63) is 0 Å². The Balaban J connectivity index is 1.98. The van der Waals surface area contributed by atoms with E-state index in [0.29, 0.717) is 10.8 Å². The van der Waals surface area contributed by atoms with Gasteiger partial charge in [-0.05, 0) is 54.3 Å². The summed E-state index contributed by atoms with van der Waals surface area (Å²) in [6, 6.07) is 0. The molecule has 3 fully saturated rings. The number of rotatable bonds is 1. The third kappa shape index (κ3) is 0.978. The second kappa shape index (κ2) is 3.04. The Bertz CT molecular complexity index is 309. The first kappa shape index (κ1) is 11.1. The maximum Gasteiger partial charge on any atom is 0.0596 e. The molecule has 3 saturated carbocycles. The summed E-state index contributed by atoms with van der Waals surface area (Å²) >= 11 is 0. The normalized spacial score (nSPS) is 54.0. The minimum atomic E-state index is -0.0586. The first-order valence-electron chi connectivity index (χ1n) is 7.17. The minimum absolute atomic E-state index is 0.0586. The number of aliphatic hydroxyl groups is 1. The smallest absolute Gasteiger partial charge is 0.0596 e. The monoisotopic (exact) mass is 222 g/mol. The van der Waals surface area contributed by atoms with Crippen LogP contribution in [0.4, 0.5) is 0 Å². The van der Waals surface area contributed by atoms with Crippen LogP contribution in [0.3, 0.4) is 0 Å². The van der Waals surface area contributed by atoms with E-state index in [4.69, 9.17) is 0 Å². The van der Waals surface area contributed by atoms with Crippen molar-refractivity contribution in [2.75, 3.05) is 0 Å². The molecule has 1 N–H and O–H groups in total. The lowest BCUT2D eigenvalue weighted by Gasteiger charge is -2.75. The summed E-state index contributed by atoms with van der Waals surface area (Å²) in [5, 5.41) is 10.3. The van der Waals surface area contributed by atoms with E-state index in [2.05, 4.69) is 20.8 Å². The first-order valence-corrected chi connectivity index (χ1v) is 7.17. The number of hydrogen-bond donors (Lipinski definition) is 1. The van der Waals surface area contributed by atoms with E-state index in [9.17, 15) is 5.11 Å². The van der Waals surface area contributed by atoms with Crippen LogP contribution < -0.4 is 0 Å². The zero-order valence-corrected chi connectivity index (χ0v) is 11.1. The van der Waals surface area contributed by atoms with Gasteiger partial charge in [0.15, 0.2) is 0 Å². The van der Waals surface area contributed by atoms with Crippen LogP contribution >= 0.6 is 0 Å².